The average molecular weight is 297 g/mol. The predicted molar refractivity (Wildman–Crippen MR) is 74.9 cm³/mol. The first kappa shape index (κ1) is 14.0. The highest BCUT2D eigenvalue weighted by Gasteiger charge is 2.52. The molecular formula is C14H19NO4S. The number of hydrogen-bond donors (Lipinski definition) is 1. The summed E-state index contributed by atoms with van der Waals surface area (Å²) in [4.78, 5) is 0. The smallest absolute Gasteiger partial charge is 0.217 e. The third kappa shape index (κ3) is 2.37. The summed E-state index contributed by atoms with van der Waals surface area (Å²) in [5, 5.41) is 9.42. The number of nitrogens with zero attached hydrogens (tertiary/aromatic N) is 1. The summed E-state index contributed by atoms with van der Waals surface area (Å²) in [6.45, 7) is 0.386. The van der Waals surface area contributed by atoms with Gasteiger partial charge in [-0.2, -0.15) is 4.31 Å². The van der Waals surface area contributed by atoms with Crippen LogP contribution in [-0.2, 0) is 14.8 Å². The third-order valence-corrected chi connectivity index (χ3v) is 6.51. The molecule has 4 atom stereocenters. The predicted octanol–water partition coefficient (Wildman–Crippen LogP) is 0.564. The van der Waals surface area contributed by atoms with Gasteiger partial charge in [0.05, 0.1) is 17.5 Å². The molecule has 1 aliphatic heterocycles. The first-order valence-electron chi connectivity index (χ1n) is 6.79. The number of sulfonamides is 1. The van der Waals surface area contributed by atoms with Gasteiger partial charge in [0.15, 0.2) is 0 Å². The second kappa shape index (κ2) is 5.11. The van der Waals surface area contributed by atoms with Crippen LogP contribution in [0.3, 0.4) is 0 Å². The van der Waals surface area contributed by atoms with E-state index in [1.807, 2.05) is 30.3 Å². The van der Waals surface area contributed by atoms with Gasteiger partial charge in [0.25, 0.3) is 0 Å². The summed E-state index contributed by atoms with van der Waals surface area (Å²) < 4.78 is 31.6. The van der Waals surface area contributed by atoms with E-state index in [1.165, 1.54) is 11.4 Å². The largest absolute Gasteiger partial charge is 0.389 e. The molecule has 1 N–H and O–H groups in total. The second-order valence-corrected chi connectivity index (χ2v) is 7.65. The van der Waals surface area contributed by atoms with Crippen molar-refractivity contribution in [2.45, 2.75) is 29.8 Å². The van der Waals surface area contributed by atoms with E-state index in [1.54, 1.807) is 0 Å². The molecule has 2 fully saturated rings. The van der Waals surface area contributed by atoms with Gasteiger partial charge in [-0.05, 0) is 12.0 Å². The molecule has 0 bridgehead atoms. The summed E-state index contributed by atoms with van der Waals surface area (Å²) in [5.74, 6) is 0.0833. The van der Waals surface area contributed by atoms with Gasteiger partial charge in [0.1, 0.15) is 0 Å². The normalized spacial score (nSPS) is 34.3. The van der Waals surface area contributed by atoms with E-state index in [0.717, 1.165) is 5.56 Å². The van der Waals surface area contributed by atoms with Gasteiger partial charge in [0, 0.05) is 26.1 Å². The Labute approximate surface area is 119 Å². The second-order valence-electron chi connectivity index (χ2n) is 5.49. The number of rotatable bonds is 4. The monoisotopic (exact) mass is 297 g/mol. The van der Waals surface area contributed by atoms with E-state index in [0.29, 0.717) is 6.42 Å². The molecule has 0 amide bonds. The first-order chi connectivity index (χ1) is 9.54. The highest BCUT2D eigenvalue weighted by molar-refractivity contribution is 7.90. The fourth-order valence-corrected chi connectivity index (χ4v) is 5.03. The van der Waals surface area contributed by atoms with Gasteiger partial charge in [0.2, 0.25) is 10.0 Å². The number of benzene rings is 1. The van der Waals surface area contributed by atoms with Crippen LogP contribution in [0.4, 0.5) is 0 Å². The Morgan fingerprint density at radius 2 is 1.95 bits per heavy atom. The molecule has 1 saturated heterocycles. The molecule has 110 valence electrons. The van der Waals surface area contributed by atoms with Crippen molar-refractivity contribution < 1.29 is 18.3 Å². The van der Waals surface area contributed by atoms with Gasteiger partial charge in [-0.3, -0.25) is 0 Å². The summed E-state index contributed by atoms with van der Waals surface area (Å²) in [6, 6.07) is 9.72. The van der Waals surface area contributed by atoms with Gasteiger partial charge in [-0.25, -0.2) is 8.42 Å². The zero-order chi connectivity index (χ0) is 14.3. The molecule has 0 aromatic heterocycles. The number of hydrogen-bond acceptors (Lipinski definition) is 4. The lowest BCUT2D eigenvalue weighted by atomic mass is 10.1. The third-order valence-electron chi connectivity index (χ3n) is 4.21. The molecule has 3 rings (SSSR count). The van der Waals surface area contributed by atoms with Gasteiger partial charge >= 0.3 is 0 Å². The van der Waals surface area contributed by atoms with Crippen molar-refractivity contribution in [1.82, 2.24) is 4.31 Å². The van der Waals surface area contributed by atoms with Crippen LogP contribution in [0.25, 0.3) is 0 Å². The highest BCUT2D eigenvalue weighted by Crippen LogP contribution is 2.47. The van der Waals surface area contributed by atoms with Crippen LogP contribution in [0.1, 0.15) is 17.9 Å². The van der Waals surface area contributed by atoms with Crippen LogP contribution in [0.2, 0.25) is 0 Å². The lowest BCUT2D eigenvalue weighted by Gasteiger charge is -2.15. The topological polar surface area (TPSA) is 66.8 Å². The molecular weight excluding hydrogens is 278 g/mol. The molecule has 5 nitrogen and oxygen atoms in total. The van der Waals surface area contributed by atoms with Gasteiger partial charge in [-0.15, -0.1) is 0 Å². The van der Waals surface area contributed by atoms with Crippen LogP contribution < -0.4 is 0 Å². The molecule has 2 unspecified atom stereocenters. The van der Waals surface area contributed by atoms with Crippen molar-refractivity contribution in [3.05, 3.63) is 35.9 Å². The molecule has 6 heteroatoms. The van der Waals surface area contributed by atoms with Crippen molar-refractivity contribution in [2.75, 3.05) is 20.2 Å². The SMILES string of the molecule is CO[C@@H]1CN(S(=O)(=O)C2CC2c2ccccc2)C[C@H]1O. The molecule has 1 saturated carbocycles. The Balaban J connectivity index is 1.72. The zero-order valence-electron chi connectivity index (χ0n) is 11.3. The Kier molecular flexibility index (Phi) is 3.58. The molecule has 0 radical (unpaired) electrons. The Morgan fingerprint density at radius 1 is 1.25 bits per heavy atom. The molecule has 1 heterocycles. The molecule has 20 heavy (non-hydrogen) atoms. The van der Waals surface area contributed by atoms with Crippen molar-refractivity contribution in [3.63, 3.8) is 0 Å². The minimum Gasteiger partial charge on any atom is -0.389 e. The maximum atomic E-state index is 12.5. The summed E-state index contributed by atoms with van der Waals surface area (Å²) in [6.07, 6.45) is -0.487. The maximum absolute atomic E-state index is 12.5. The fourth-order valence-electron chi connectivity index (χ4n) is 2.91. The minimum absolute atomic E-state index is 0.0833. The number of methoxy groups -OCH3 is 1. The van der Waals surface area contributed by atoms with E-state index in [2.05, 4.69) is 0 Å². The number of β-amino-alcohol motifs (C(OH)–C–C–N with tert-alkyl or cyclic N) is 1. The Morgan fingerprint density at radius 3 is 2.55 bits per heavy atom. The average Bonchev–Trinajstić information content (AvgIpc) is 3.17. The molecule has 1 aliphatic carbocycles. The fraction of sp³-hybridized carbons (Fsp3) is 0.571. The number of aliphatic hydroxyl groups is 1. The van der Waals surface area contributed by atoms with Crippen LogP contribution >= 0.6 is 0 Å². The van der Waals surface area contributed by atoms with Crippen LogP contribution in [-0.4, -0.2) is 55.5 Å². The standard InChI is InChI=1S/C14H19NO4S/c1-19-13-9-15(8-12(13)16)20(17,18)14-7-11(14)10-5-3-2-4-6-10/h2-6,11-14,16H,7-9H2,1H3/t11?,12-,13-,14?/m1/s1. The van der Waals surface area contributed by atoms with Gasteiger partial charge < -0.3 is 9.84 Å². The lowest BCUT2D eigenvalue weighted by Crippen LogP contribution is -2.33. The van der Waals surface area contributed by atoms with E-state index in [4.69, 9.17) is 4.74 Å². The first-order valence-corrected chi connectivity index (χ1v) is 8.29. The summed E-state index contributed by atoms with van der Waals surface area (Å²) >= 11 is 0. The van der Waals surface area contributed by atoms with E-state index in [-0.39, 0.29) is 24.3 Å². The van der Waals surface area contributed by atoms with Crippen molar-refractivity contribution in [2.24, 2.45) is 0 Å². The minimum atomic E-state index is -3.35. The van der Waals surface area contributed by atoms with Crippen molar-refractivity contribution >= 4 is 10.0 Å². The molecule has 0 spiro atoms. The van der Waals surface area contributed by atoms with Crippen molar-refractivity contribution in [3.8, 4) is 0 Å². The maximum Gasteiger partial charge on any atom is 0.217 e. The molecule has 2 aliphatic rings. The Hall–Kier alpha value is -0.950. The molecule has 1 aromatic carbocycles. The van der Waals surface area contributed by atoms with Gasteiger partial charge in [-0.1, -0.05) is 30.3 Å². The van der Waals surface area contributed by atoms with Crippen LogP contribution in [0.15, 0.2) is 30.3 Å². The lowest BCUT2D eigenvalue weighted by molar-refractivity contribution is 0.0216. The Bertz CT molecular complexity index is 574. The summed E-state index contributed by atoms with van der Waals surface area (Å²) in [5.41, 5.74) is 1.07. The van der Waals surface area contributed by atoms with Crippen molar-refractivity contribution in [1.29, 1.82) is 0 Å². The quantitative estimate of drug-likeness (QED) is 0.882. The number of ether oxygens (including phenoxy) is 1. The summed E-state index contributed by atoms with van der Waals surface area (Å²) in [7, 11) is -1.85. The van der Waals surface area contributed by atoms with Crippen LogP contribution in [0.5, 0.6) is 0 Å². The molecule has 1 aromatic rings. The van der Waals surface area contributed by atoms with E-state index in [9.17, 15) is 13.5 Å². The zero-order valence-corrected chi connectivity index (χ0v) is 12.2. The van der Waals surface area contributed by atoms with E-state index >= 15 is 0 Å². The van der Waals surface area contributed by atoms with Crippen LogP contribution in [0, 0.1) is 0 Å². The van der Waals surface area contributed by atoms with E-state index < -0.39 is 22.2 Å². The number of aliphatic hydroxyl groups excluding tert-OH is 1. The highest BCUT2D eigenvalue weighted by atomic mass is 32.2.